The fraction of sp³-hybridized carbons (Fsp3) is 0.435. The van der Waals surface area contributed by atoms with E-state index in [0.29, 0.717) is 44.7 Å². The van der Waals surface area contributed by atoms with E-state index in [0.717, 1.165) is 25.0 Å². The fourth-order valence-corrected chi connectivity index (χ4v) is 4.23. The van der Waals surface area contributed by atoms with Crippen molar-refractivity contribution < 1.29 is 27.9 Å². The maximum atomic E-state index is 13.5. The molecule has 2 amide bonds. The first kappa shape index (κ1) is 22.1. The Morgan fingerprint density at radius 2 is 1.81 bits per heavy atom. The first-order chi connectivity index (χ1) is 15.3. The van der Waals surface area contributed by atoms with Crippen LogP contribution in [0.15, 0.2) is 24.3 Å². The van der Waals surface area contributed by atoms with Crippen LogP contribution < -0.4 is 10.6 Å². The van der Waals surface area contributed by atoms with E-state index in [9.17, 15) is 23.2 Å². The molecule has 9 heteroatoms. The molecule has 7 nitrogen and oxygen atoms in total. The number of ketones is 1. The molecule has 0 bridgehead atoms. The molecule has 1 saturated heterocycles. The Kier molecular flexibility index (Phi) is 6.10. The number of benzene rings is 1. The standard InChI is InChI=1S/C23H25F2N3O4/c1-23(7-10-32-11-8-23)27-22(31)20(29)19-13-15(18-4-2-3-9-28(18)19)21(30)26-14-5-6-16(24)17(25)12-14/h5-6,12-13H,2-4,7-11H2,1H3,(H,26,30)(H,27,31). The summed E-state index contributed by atoms with van der Waals surface area (Å²) in [6.45, 7) is 3.43. The van der Waals surface area contributed by atoms with Gasteiger partial charge in [0.15, 0.2) is 11.6 Å². The van der Waals surface area contributed by atoms with E-state index in [1.807, 2.05) is 6.92 Å². The third-order valence-corrected chi connectivity index (χ3v) is 6.13. The zero-order valence-corrected chi connectivity index (χ0v) is 17.8. The first-order valence-electron chi connectivity index (χ1n) is 10.7. The minimum Gasteiger partial charge on any atom is -0.381 e. The maximum absolute atomic E-state index is 13.5. The van der Waals surface area contributed by atoms with Gasteiger partial charge >= 0.3 is 0 Å². The summed E-state index contributed by atoms with van der Waals surface area (Å²) in [6.07, 6.45) is 3.46. The van der Waals surface area contributed by atoms with Crippen LogP contribution in [0.1, 0.15) is 59.1 Å². The monoisotopic (exact) mass is 445 g/mol. The zero-order valence-electron chi connectivity index (χ0n) is 17.8. The summed E-state index contributed by atoms with van der Waals surface area (Å²) < 4.78 is 33.7. The average molecular weight is 445 g/mol. The van der Waals surface area contributed by atoms with Gasteiger partial charge in [0.05, 0.1) is 11.3 Å². The summed E-state index contributed by atoms with van der Waals surface area (Å²) in [5.74, 6) is -4.05. The van der Waals surface area contributed by atoms with Gasteiger partial charge in [-0.3, -0.25) is 14.4 Å². The number of hydrogen-bond acceptors (Lipinski definition) is 4. The van der Waals surface area contributed by atoms with Crippen LogP contribution in [-0.2, 0) is 22.5 Å². The van der Waals surface area contributed by atoms with Crippen molar-refractivity contribution >= 4 is 23.3 Å². The molecule has 0 saturated carbocycles. The lowest BCUT2D eigenvalue weighted by Gasteiger charge is -2.34. The highest BCUT2D eigenvalue weighted by Gasteiger charge is 2.34. The number of hydrogen-bond donors (Lipinski definition) is 2. The summed E-state index contributed by atoms with van der Waals surface area (Å²) in [5.41, 5.74) is 0.647. The molecule has 0 unspecified atom stereocenters. The number of nitrogens with one attached hydrogen (secondary N) is 2. The molecule has 0 spiro atoms. The number of amides is 2. The van der Waals surface area contributed by atoms with Crippen molar-refractivity contribution in [2.45, 2.75) is 51.1 Å². The lowest BCUT2D eigenvalue weighted by atomic mass is 9.92. The van der Waals surface area contributed by atoms with Crippen molar-refractivity contribution in [1.29, 1.82) is 0 Å². The van der Waals surface area contributed by atoms with Crippen molar-refractivity contribution in [2.75, 3.05) is 18.5 Å². The third kappa shape index (κ3) is 4.43. The van der Waals surface area contributed by atoms with Gasteiger partial charge in [-0.25, -0.2) is 8.78 Å². The molecular formula is C23H25F2N3O4. The van der Waals surface area contributed by atoms with E-state index < -0.39 is 34.8 Å². The van der Waals surface area contributed by atoms with Crippen LogP contribution in [0.5, 0.6) is 0 Å². The second-order valence-electron chi connectivity index (χ2n) is 8.54. The molecule has 3 heterocycles. The number of carbonyl (C=O) groups excluding carboxylic acids is 3. The normalized spacial score (nSPS) is 17.3. The molecule has 2 aromatic rings. The molecule has 2 aliphatic rings. The molecule has 32 heavy (non-hydrogen) atoms. The Bertz CT molecular complexity index is 1070. The molecule has 0 aliphatic carbocycles. The van der Waals surface area contributed by atoms with Crippen LogP contribution in [0.4, 0.5) is 14.5 Å². The molecule has 2 aliphatic heterocycles. The predicted molar refractivity (Wildman–Crippen MR) is 113 cm³/mol. The van der Waals surface area contributed by atoms with Gasteiger partial charge in [0.2, 0.25) is 0 Å². The van der Waals surface area contributed by atoms with Gasteiger partial charge in [-0.05, 0) is 57.2 Å². The molecule has 1 fully saturated rings. The molecular weight excluding hydrogens is 420 g/mol. The van der Waals surface area contributed by atoms with Gasteiger partial charge in [-0.15, -0.1) is 0 Å². The van der Waals surface area contributed by atoms with Crippen molar-refractivity contribution in [1.82, 2.24) is 9.88 Å². The maximum Gasteiger partial charge on any atom is 0.294 e. The minimum atomic E-state index is -1.07. The third-order valence-electron chi connectivity index (χ3n) is 6.13. The van der Waals surface area contributed by atoms with Crippen molar-refractivity contribution in [3.63, 3.8) is 0 Å². The van der Waals surface area contributed by atoms with Gasteiger partial charge in [0.1, 0.15) is 0 Å². The Labute approximate surface area is 184 Å². The van der Waals surface area contributed by atoms with E-state index in [1.54, 1.807) is 4.57 Å². The summed E-state index contributed by atoms with van der Waals surface area (Å²) >= 11 is 0. The molecule has 170 valence electrons. The van der Waals surface area contributed by atoms with Gasteiger partial charge in [-0.1, -0.05) is 0 Å². The smallest absolute Gasteiger partial charge is 0.294 e. The SMILES string of the molecule is CC1(NC(=O)C(=O)c2cc(C(=O)Nc3ccc(F)c(F)c3)c3n2CCCC3)CCOCC1. The molecule has 4 rings (SSSR count). The zero-order chi connectivity index (χ0) is 22.9. The van der Waals surface area contributed by atoms with Crippen LogP contribution >= 0.6 is 0 Å². The lowest BCUT2D eigenvalue weighted by molar-refractivity contribution is -0.119. The predicted octanol–water partition coefficient (Wildman–Crippen LogP) is 3.22. The van der Waals surface area contributed by atoms with Gasteiger partial charge < -0.3 is 19.9 Å². The van der Waals surface area contributed by atoms with Crippen LogP contribution in [-0.4, -0.2) is 40.9 Å². The van der Waals surface area contributed by atoms with Crippen LogP contribution in [0.25, 0.3) is 0 Å². The summed E-state index contributed by atoms with van der Waals surface area (Å²) in [5, 5.41) is 5.38. The number of Topliss-reactive ketones (excluding diaryl/α,β-unsaturated/α-hetero) is 1. The highest BCUT2D eigenvalue weighted by molar-refractivity contribution is 6.42. The minimum absolute atomic E-state index is 0.0997. The molecule has 0 atom stereocenters. The number of carbonyl (C=O) groups is 3. The van der Waals surface area contributed by atoms with E-state index >= 15 is 0 Å². The topological polar surface area (TPSA) is 89.4 Å². The van der Waals surface area contributed by atoms with Gasteiger partial charge in [-0.2, -0.15) is 0 Å². The Hall–Kier alpha value is -3.07. The number of nitrogens with zero attached hydrogens (tertiary/aromatic N) is 1. The first-order valence-corrected chi connectivity index (χ1v) is 10.7. The highest BCUT2D eigenvalue weighted by Crippen LogP contribution is 2.26. The number of fused-ring (bicyclic) bond motifs is 1. The van der Waals surface area contributed by atoms with Crippen LogP contribution in [0, 0.1) is 11.6 Å². The summed E-state index contributed by atoms with van der Waals surface area (Å²) in [7, 11) is 0. The highest BCUT2D eigenvalue weighted by atomic mass is 19.2. The van der Waals surface area contributed by atoms with Crippen molar-refractivity contribution in [2.24, 2.45) is 0 Å². The number of anilines is 1. The molecule has 2 N–H and O–H groups in total. The van der Waals surface area contributed by atoms with E-state index in [2.05, 4.69) is 10.6 Å². The molecule has 0 radical (unpaired) electrons. The Morgan fingerprint density at radius 3 is 2.53 bits per heavy atom. The Morgan fingerprint density at radius 1 is 1.06 bits per heavy atom. The lowest BCUT2D eigenvalue weighted by Crippen LogP contribution is -2.51. The van der Waals surface area contributed by atoms with E-state index in [1.165, 1.54) is 12.1 Å². The van der Waals surface area contributed by atoms with Crippen molar-refractivity contribution in [3.8, 4) is 0 Å². The Balaban J connectivity index is 1.58. The summed E-state index contributed by atoms with van der Waals surface area (Å²) in [4.78, 5) is 38.7. The van der Waals surface area contributed by atoms with Gasteiger partial charge in [0.25, 0.3) is 17.6 Å². The van der Waals surface area contributed by atoms with E-state index in [-0.39, 0.29) is 16.9 Å². The number of halogens is 2. The number of aromatic nitrogens is 1. The second kappa shape index (κ2) is 8.82. The van der Waals surface area contributed by atoms with Gasteiger partial charge in [0, 0.05) is 42.7 Å². The van der Waals surface area contributed by atoms with Crippen LogP contribution in [0.3, 0.4) is 0 Å². The fourth-order valence-electron chi connectivity index (χ4n) is 4.23. The van der Waals surface area contributed by atoms with E-state index in [4.69, 9.17) is 4.74 Å². The van der Waals surface area contributed by atoms with Crippen LogP contribution in [0.2, 0.25) is 0 Å². The second-order valence-corrected chi connectivity index (χ2v) is 8.54. The summed E-state index contributed by atoms with van der Waals surface area (Å²) in [6, 6.07) is 4.50. The molecule has 1 aromatic carbocycles. The number of rotatable bonds is 5. The molecule has 1 aromatic heterocycles. The average Bonchev–Trinajstić information content (AvgIpc) is 3.16. The quantitative estimate of drug-likeness (QED) is 0.546. The van der Waals surface area contributed by atoms with Crippen molar-refractivity contribution in [3.05, 3.63) is 52.9 Å². The largest absolute Gasteiger partial charge is 0.381 e. The number of ether oxygens (including phenoxy) is 1.